The van der Waals surface area contributed by atoms with E-state index >= 15 is 0 Å². The zero-order valence-corrected chi connectivity index (χ0v) is 14.5. The Balaban J connectivity index is 1.75. The number of H-pyrrole nitrogens is 1. The van der Waals surface area contributed by atoms with Gasteiger partial charge in [-0.1, -0.05) is 37.6 Å². The summed E-state index contributed by atoms with van der Waals surface area (Å²) in [6, 6.07) is 9.35. The van der Waals surface area contributed by atoms with Gasteiger partial charge in [-0.2, -0.15) is 5.10 Å². The number of hydrogen-bond donors (Lipinski definition) is 2. The maximum atomic E-state index is 12.5. The maximum absolute atomic E-state index is 12.5. The second-order valence-electron chi connectivity index (χ2n) is 6.17. The van der Waals surface area contributed by atoms with E-state index in [2.05, 4.69) is 22.4 Å². The second-order valence-corrected chi connectivity index (χ2v) is 6.17. The summed E-state index contributed by atoms with van der Waals surface area (Å²) in [5.74, 6) is 0.256. The predicted octanol–water partition coefficient (Wildman–Crippen LogP) is 3.26. The van der Waals surface area contributed by atoms with Crippen LogP contribution in [-0.4, -0.2) is 26.9 Å². The molecule has 1 unspecified atom stereocenters. The second kappa shape index (κ2) is 7.34. The number of benzene rings is 1. The third-order valence-electron chi connectivity index (χ3n) is 4.27. The lowest BCUT2D eigenvalue weighted by Crippen LogP contribution is -2.33. The lowest BCUT2D eigenvalue weighted by atomic mass is 9.93. The lowest BCUT2D eigenvalue weighted by molar-refractivity contribution is -0.129. The standard InChI is InChI=1S/C19H22N4O2/c1-3-6-15-11-18(22-21-15)20-19(25)12-17-16-8-5-4-7-14(16)9-10-23(17)13(2)24/h4-5,7-11,17H,3,6,12H2,1-2H3,(H2,20,21,22,25). The summed E-state index contributed by atoms with van der Waals surface area (Å²) in [4.78, 5) is 26.1. The predicted molar refractivity (Wildman–Crippen MR) is 96.6 cm³/mol. The fraction of sp³-hybridized carbons (Fsp3) is 0.316. The molecular weight excluding hydrogens is 316 g/mol. The van der Waals surface area contributed by atoms with E-state index in [4.69, 9.17) is 0 Å². The van der Waals surface area contributed by atoms with Crippen molar-refractivity contribution < 1.29 is 9.59 Å². The molecule has 3 rings (SSSR count). The van der Waals surface area contributed by atoms with E-state index in [0.717, 1.165) is 29.7 Å². The van der Waals surface area contributed by atoms with E-state index in [-0.39, 0.29) is 24.3 Å². The number of nitrogens with one attached hydrogen (secondary N) is 2. The Kier molecular flexibility index (Phi) is 4.97. The quantitative estimate of drug-likeness (QED) is 0.878. The van der Waals surface area contributed by atoms with Crippen molar-refractivity contribution >= 4 is 23.7 Å². The molecule has 130 valence electrons. The number of hydrogen-bond acceptors (Lipinski definition) is 3. The highest BCUT2D eigenvalue weighted by molar-refractivity contribution is 5.91. The van der Waals surface area contributed by atoms with Crippen LogP contribution in [0.5, 0.6) is 0 Å². The van der Waals surface area contributed by atoms with Crippen LogP contribution in [0.1, 0.15) is 49.6 Å². The summed E-state index contributed by atoms with van der Waals surface area (Å²) in [5.41, 5.74) is 3.00. The molecule has 25 heavy (non-hydrogen) atoms. The van der Waals surface area contributed by atoms with Crippen LogP contribution in [0.25, 0.3) is 6.08 Å². The van der Waals surface area contributed by atoms with Gasteiger partial charge in [0.2, 0.25) is 11.8 Å². The number of anilines is 1. The molecule has 2 amide bonds. The maximum Gasteiger partial charge on any atom is 0.228 e. The topological polar surface area (TPSA) is 78.1 Å². The number of fused-ring (bicyclic) bond motifs is 1. The van der Waals surface area contributed by atoms with Gasteiger partial charge in [-0.15, -0.1) is 0 Å². The Bertz CT molecular complexity index is 809. The van der Waals surface area contributed by atoms with E-state index < -0.39 is 0 Å². The highest BCUT2D eigenvalue weighted by atomic mass is 16.2. The lowest BCUT2D eigenvalue weighted by Gasteiger charge is -2.32. The highest BCUT2D eigenvalue weighted by Crippen LogP contribution is 2.33. The Morgan fingerprint density at radius 2 is 2.12 bits per heavy atom. The number of carbonyl (C=O) groups is 2. The highest BCUT2D eigenvalue weighted by Gasteiger charge is 2.28. The Morgan fingerprint density at radius 1 is 1.32 bits per heavy atom. The molecular formula is C19H22N4O2. The molecule has 0 fully saturated rings. The molecule has 1 aliphatic heterocycles. The summed E-state index contributed by atoms with van der Waals surface area (Å²) in [7, 11) is 0. The van der Waals surface area contributed by atoms with E-state index in [1.54, 1.807) is 11.1 Å². The largest absolute Gasteiger partial charge is 0.311 e. The van der Waals surface area contributed by atoms with Gasteiger partial charge in [0.25, 0.3) is 0 Å². The van der Waals surface area contributed by atoms with Crippen molar-refractivity contribution in [3.63, 3.8) is 0 Å². The fourth-order valence-electron chi connectivity index (χ4n) is 3.11. The molecule has 0 saturated heterocycles. The van der Waals surface area contributed by atoms with Crippen LogP contribution in [-0.2, 0) is 16.0 Å². The molecule has 0 spiro atoms. The van der Waals surface area contributed by atoms with Crippen LogP contribution >= 0.6 is 0 Å². The molecule has 0 aliphatic carbocycles. The van der Waals surface area contributed by atoms with Crippen molar-refractivity contribution in [2.45, 2.75) is 39.2 Å². The summed E-state index contributed by atoms with van der Waals surface area (Å²) >= 11 is 0. The first-order valence-corrected chi connectivity index (χ1v) is 8.48. The zero-order chi connectivity index (χ0) is 17.8. The number of rotatable bonds is 5. The molecule has 1 aliphatic rings. The van der Waals surface area contributed by atoms with Gasteiger partial charge in [0.1, 0.15) is 0 Å². The number of carbonyl (C=O) groups excluding carboxylic acids is 2. The summed E-state index contributed by atoms with van der Waals surface area (Å²) in [6.07, 6.45) is 5.72. The first-order valence-electron chi connectivity index (χ1n) is 8.48. The zero-order valence-electron chi connectivity index (χ0n) is 14.5. The molecule has 0 saturated carbocycles. The number of aromatic amines is 1. The van der Waals surface area contributed by atoms with E-state index in [9.17, 15) is 9.59 Å². The molecule has 6 heteroatoms. The van der Waals surface area contributed by atoms with Gasteiger partial charge in [-0.25, -0.2) is 0 Å². The number of nitrogens with zero attached hydrogens (tertiary/aromatic N) is 2. The SMILES string of the molecule is CCCc1cc(NC(=O)CC2c3ccccc3C=CN2C(C)=O)n[nH]1. The minimum atomic E-state index is -0.312. The van der Waals surface area contributed by atoms with Crippen LogP contribution in [0.15, 0.2) is 36.5 Å². The van der Waals surface area contributed by atoms with Crippen LogP contribution in [0.3, 0.4) is 0 Å². The minimum Gasteiger partial charge on any atom is -0.311 e. The third kappa shape index (κ3) is 3.79. The molecule has 0 radical (unpaired) electrons. The molecule has 1 atom stereocenters. The molecule has 6 nitrogen and oxygen atoms in total. The van der Waals surface area contributed by atoms with Gasteiger partial charge >= 0.3 is 0 Å². The molecule has 2 N–H and O–H groups in total. The normalized spacial score (nSPS) is 15.8. The van der Waals surface area contributed by atoms with Crippen molar-refractivity contribution in [3.8, 4) is 0 Å². The average Bonchev–Trinajstić information content (AvgIpc) is 3.02. The van der Waals surface area contributed by atoms with Gasteiger partial charge in [-0.05, 0) is 23.6 Å². The first-order chi connectivity index (χ1) is 12.1. The van der Waals surface area contributed by atoms with Gasteiger partial charge in [0.15, 0.2) is 5.82 Å². The van der Waals surface area contributed by atoms with Crippen LogP contribution in [0.2, 0.25) is 0 Å². The van der Waals surface area contributed by atoms with Crippen LogP contribution < -0.4 is 5.32 Å². The van der Waals surface area contributed by atoms with Crippen molar-refractivity contribution in [1.82, 2.24) is 15.1 Å². The molecule has 2 aromatic rings. The van der Waals surface area contributed by atoms with Crippen molar-refractivity contribution in [2.75, 3.05) is 5.32 Å². The summed E-state index contributed by atoms with van der Waals surface area (Å²) in [6.45, 7) is 3.59. The van der Waals surface area contributed by atoms with Crippen LogP contribution in [0.4, 0.5) is 5.82 Å². The molecule has 1 aromatic heterocycles. The summed E-state index contributed by atoms with van der Waals surface area (Å²) < 4.78 is 0. The smallest absolute Gasteiger partial charge is 0.228 e. The van der Waals surface area contributed by atoms with E-state index in [1.807, 2.05) is 36.4 Å². The van der Waals surface area contributed by atoms with Crippen LogP contribution in [0, 0.1) is 0 Å². The van der Waals surface area contributed by atoms with Gasteiger partial charge in [0, 0.05) is 24.9 Å². The van der Waals surface area contributed by atoms with Gasteiger partial charge in [0.05, 0.1) is 12.5 Å². The average molecular weight is 338 g/mol. The Morgan fingerprint density at radius 3 is 2.88 bits per heavy atom. The Labute approximate surface area is 146 Å². The Hall–Kier alpha value is -2.89. The molecule has 1 aromatic carbocycles. The van der Waals surface area contributed by atoms with E-state index in [0.29, 0.717) is 5.82 Å². The number of amides is 2. The number of aryl methyl sites for hydroxylation is 1. The monoisotopic (exact) mass is 338 g/mol. The fourth-order valence-corrected chi connectivity index (χ4v) is 3.11. The van der Waals surface area contributed by atoms with Crippen molar-refractivity contribution in [2.24, 2.45) is 0 Å². The molecule has 0 bridgehead atoms. The molecule has 2 heterocycles. The van der Waals surface area contributed by atoms with Crippen molar-refractivity contribution in [3.05, 3.63) is 53.4 Å². The minimum absolute atomic E-state index is 0.0893. The van der Waals surface area contributed by atoms with E-state index in [1.165, 1.54) is 6.92 Å². The first kappa shape index (κ1) is 17.0. The van der Waals surface area contributed by atoms with Crippen molar-refractivity contribution in [1.29, 1.82) is 0 Å². The third-order valence-corrected chi connectivity index (χ3v) is 4.27. The number of aromatic nitrogens is 2. The van der Waals surface area contributed by atoms with Gasteiger partial charge in [-0.3, -0.25) is 14.7 Å². The summed E-state index contributed by atoms with van der Waals surface area (Å²) in [5, 5.41) is 9.85. The van der Waals surface area contributed by atoms with Gasteiger partial charge < -0.3 is 10.2 Å².